The van der Waals surface area contributed by atoms with Crippen LogP contribution >= 0.6 is 0 Å². The summed E-state index contributed by atoms with van der Waals surface area (Å²) in [5.74, 6) is 2.07. The molecule has 1 atom stereocenters. The van der Waals surface area contributed by atoms with Crippen LogP contribution in [0.15, 0.2) is 30.3 Å². The van der Waals surface area contributed by atoms with E-state index in [-0.39, 0.29) is 17.6 Å². The lowest BCUT2D eigenvalue weighted by molar-refractivity contribution is -0.384. The first-order chi connectivity index (χ1) is 8.52. The summed E-state index contributed by atoms with van der Waals surface area (Å²) >= 11 is 0. The SMILES string of the molecule is C#CC(C)NC(=O)/C=C/c1ccc([N+](=O)[O-])cc1. The van der Waals surface area contributed by atoms with Crippen molar-refractivity contribution < 1.29 is 9.72 Å². The number of amides is 1. The van der Waals surface area contributed by atoms with Gasteiger partial charge in [0, 0.05) is 18.2 Å². The number of nitrogens with one attached hydrogen (secondary N) is 1. The highest BCUT2D eigenvalue weighted by Gasteiger charge is 2.03. The molecule has 5 heteroatoms. The van der Waals surface area contributed by atoms with Gasteiger partial charge in [-0.2, -0.15) is 0 Å². The molecule has 0 bridgehead atoms. The second-order valence-electron chi connectivity index (χ2n) is 3.58. The quantitative estimate of drug-likeness (QED) is 0.379. The van der Waals surface area contributed by atoms with E-state index in [1.807, 2.05) is 0 Å². The number of non-ortho nitro benzene ring substituents is 1. The van der Waals surface area contributed by atoms with Gasteiger partial charge in [0.15, 0.2) is 0 Å². The highest BCUT2D eigenvalue weighted by molar-refractivity contribution is 5.92. The first kappa shape index (κ1) is 13.5. The largest absolute Gasteiger partial charge is 0.339 e. The third kappa shape index (κ3) is 4.10. The fraction of sp³-hybridized carbons (Fsp3) is 0.154. The summed E-state index contributed by atoms with van der Waals surface area (Å²) in [6, 6.07) is 5.54. The van der Waals surface area contributed by atoms with Crippen molar-refractivity contribution in [1.29, 1.82) is 0 Å². The fourth-order valence-corrected chi connectivity index (χ4v) is 1.18. The summed E-state index contributed by atoms with van der Waals surface area (Å²) in [6.07, 6.45) is 8.01. The first-order valence-electron chi connectivity index (χ1n) is 5.22. The van der Waals surface area contributed by atoms with E-state index in [0.717, 1.165) is 0 Å². The molecule has 1 unspecified atom stereocenters. The summed E-state index contributed by atoms with van der Waals surface area (Å²) < 4.78 is 0. The lowest BCUT2D eigenvalue weighted by atomic mass is 10.2. The van der Waals surface area contributed by atoms with Crippen LogP contribution in [0.3, 0.4) is 0 Å². The number of nitro groups is 1. The highest BCUT2D eigenvalue weighted by atomic mass is 16.6. The van der Waals surface area contributed by atoms with Gasteiger partial charge in [-0.3, -0.25) is 14.9 Å². The summed E-state index contributed by atoms with van der Waals surface area (Å²) in [6.45, 7) is 1.69. The predicted octanol–water partition coefficient (Wildman–Crippen LogP) is 1.75. The Morgan fingerprint density at radius 1 is 1.50 bits per heavy atom. The summed E-state index contributed by atoms with van der Waals surface area (Å²) in [4.78, 5) is 21.3. The molecule has 0 aliphatic carbocycles. The Bertz CT molecular complexity index is 512. The van der Waals surface area contributed by atoms with E-state index >= 15 is 0 Å². The maximum absolute atomic E-state index is 11.4. The van der Waals surface area contributed by atoms with E-state index in [2.05, 4.69) is 11.2 Å². The van der Waals surface area contributed by atoms with Crippen LogP contribution in [0.2, 0.25) is 0 Å². The molecule has 0 radical (unpaired) electrons. The average molecular weight is 244 g/mol. The monoisotopic (exact) mass is 244 g/mol. The second kappa shape index (κ2) is 6.21. The number of carbonyl (C=O) groups excluding carboxylic acids is 1. The summed E-state index contributed by atoms with van der Waals surface area (Å²) in [7, 11) is 0. The molecule has 0 aliphatic rings. The van der Waals surface area contributed by atoms with E-state index in [0.29, 0.717) is 5.56 Å². The molecule has 1 N–H and O–H groups in total. The van der Waals surface area contributed by atoms with Gasteiger partial charge < -0.3 is 5.32 Å². The maximum Gasteiger partial charge on any atom is 0.269 e. The molecule has 18 heavy (non-hydrogen) atoms. The molecule has 92 valence electrons. The predicted molar refractivity (Wildman–Crippen MR) is 68.6 cm³/mol. The number of hydrogen-bond donors (Lipinski definition) is 1. The molecule has 1 amide bonds. The van der Waals surface area contributed by atoms with Crippen LogP contribution in [0.25, 0.3) is 6.08 Å². The first-order valence-corrected chi connectivity index (χ1v) is 5.22. The van der Waals surface area contributed by atoms with Crippen molar-refractivity contribution in [3.8, 4) is 12.3 Å². The van der Waals surface area contributed by atoms with Crippen molar-refractivity contribution in [2.75, 3.05) is 0 Å². The Morgan fingerprint density at radius 3 is 2.61 bits per heavy atom. The smallest absolute Gasteiger partial charge is 0.269 e. The van der Waals surface area contributed by atoms with Gasteiger partial charge in [0.1, 0.15) is 0 Å². The van der Waals surface area contributed by atoms with Crippen LogP contribution in [-0.4, -0.2) is 16.9 Å². The van der Waals surface area contributed by atoms with Gasteiger partial charge in [-0.25, -0.2) is 0 Å². The van der Waals surface area contributed by atoms with Crippen LogP contribution in [0.4, 0.5) is 5.69 Å². The number of carbonyl (C=O) groups is 1. The molecule has 0 fully saturated rings. The number of terminal acetylenes is 1. The average Bonchev–Trinajstić information content (AvgIpc) is 2.36. The molecular weight excluding hydrogens is 232 g/mol. The Hall–Kier alpha value is -2.61. The second-order valence-corrected chi connectivity index (χ2v) is 3.58. The van der Waals surface area contributed by atoms with Crippen LogP contribution < -0.4 is 5.32 Å². The van der Waals surface area contributed by atoms with Crippen LogP contribution in [0, 0.1) is 22.5 Å². The molecule has 0 aliphatic heterocycles. The van der Waals surface area contributed by atoms with Gasteiger partial charge >= 0.3 is 0 Å². The minimum atomic E-state index is -0.477. The van der Waals surface area contributed by atoms with Crippen molar-refractivity contribution >= 4 is 17.7 Å². The molecule has 0 saturated heterocycles. The third-order valence-electron chi connectivity index (χ3n) is 2.14. The normalized spacial score (nSPS) is 11.8. The molecule has 0 heterocycles. The third-order valence-corrected chi connectivity index (χ3v) is 2.14. The van der Waals surface area contributed by atoms with Crippen molar-refractivity contribution in [3.05, 3.63) is 46.0 Å². The van der Waals surface area contributed by atoms with E-state index in [1.165, 1.54) is 18.2 Å². The van der Waals surface area contributed by atoms with Crippen molar-refractivity contribution in [2.45, 2.75) is 13.0 Å². The number of nitrogens with zero attached hydrogens (tertiary/aromatic N) is 1. The topological polar surface area (TPSA) is 72.2 Å². The molecule has 1 aromatic carbocycles. The van der Waals surface area contributed by atoms with Crippen molar-refractivity contribution in [3.63, 3.8) is 0 Å². The van der Waals surface area contributed by atoms with Gasteiger partial charge in [-0.15, -0.1) is 6.42 Å². The van der Waals surface area contributed by atoms with Crippen LogP contribution in [0.5, 0.6) is 0 Å². The minimum Gasteiger partial charge on any atom is -0.339 e. The maximum atomic E-state index is 11.4. The zero-order valence-corrected chi connectivity index (χ0v) is 9.79. The lowest BCUT2D eigenvalue weighted by Gasteiger charge is -2.03. The fourth-order valence-electron chi connectivity index (χ4n) is 1.18. The molecule has 0 spiro atoms. The summed E-state index contributed by atoms with van der Waals surface area (Å²) in [5, 5.41) is 13.0. The van der Waals surface area contributed by atoms with Crippen LogP contribution in [0.1, 0.15) is 12.5 Å². The highest BCUT2D eigenvalue weighted by Crippen LogP contribution is 2.12. The van der Waals surface area contributed by atoms with Crippen molar-refractivity contribution in [2.24, 2.45) is 0 Å². The number of hydrogen-bond acceptors (Lipinski definition) is 3. The van der Waals surface area contributed by atoms with E-state index < -0.39 is 4.92 Å². The molecule has 1 aromatic rings. The van der Waals surface area contributed by atoms with E-state index in [4.69, 9.17) is 6.42 Å². The number of rotatable bonds is 4. The number of nitro benzene ring substituents is 1. The molecule has 5 nitrogen and oxygen atoms in total. The van der Waals surface area contributed by atoms with Gasteiger partial charge in [-0.1, -0.05) is 5.92 Å². The molecular formula is C13H12N2O3. The Kier molecular flexibility index (Phi) is 4.64. The van der Waals surface area contributed by atoms with E-state index in [9.17, 15) is 14.9 Å². The zero-order valence-electron chi connectivity index (χ0n) is 9.79. The molecule has 0 aromatic heterocycles. The van der Waals surface area contributed by atoms with Gasteiger partial charge in [0.25, 0.3) is 5.69 Å². The summed E-state index contributed by atoms with van der Waals surface area (Å²) in [5.41, 5.74) is 0.710. The zero-order chi connectivity index (χ0) is 13.5. The van der Waals surface area contributed by atoms with Gasteiger partial charge in [-0.05, 0) is 30.7 Å². The molecule has 1 rings (SSSR count). The van der Waals surface area contributed by atoms with Gasteiger partial charge in [0.05, 0.1) is 11.0 Å². The lowest BCUT2D eigenvalue weighted by Crippen LogP contribution is -2.29. The number of benzene rings is 1. The minimum absolute atomic E-state index is 0.0116. The Morgan fingerprint density at radius 2 is 2.11 bits per heavy atom. The van der Waals surface area contributed by atoms with Crippen LogP contribution in [-0.2, 0) is 4.79 Å². The van der Waals surface area contributed by atoms with Gasteiger partial charge in [0.2, 0.25) is 5.91 Å². The van der Waals surface area contributed by atoms with Crippen molar-refractivity contribution in [1.82, 2.24) is 5.32 Å². The Balaban J connectivity index is 2.65. The standard InChI is InChI=1S/C13H12N2O3/c1-3-10(2)14-13(16)9-6-11-4-7-12(8-5-11)15(17)18/h1,4-10H,2H3,(H,14,16)/b9-6+. The Labute approximate surface area is 105 Å². The van der Waals surface area contributed by atoms with E-state index in [1.54, 1.807) is 25.1 Å². The molecule has 0 saturated carbocycles.